The third-order valence-corrected chi connectivity index (χ3v) is 2.85. The van der Waals surface area contributed by atoms with Gasteiger partial charge in [-0.3, -0.25) is 14.5 Å². The molecule has 1 atom stereocenters. The number of amides is 2. The Morgan fingerprint density at radius 1 is 1.32 bits per heavy atom. The van der Waals surface area contributed by atoms with Gasteiger partial charge in [0.05, 0.1) is 7.11 Å². The molecule has 0 aliphatic rings. The number of nitrogens with zero attached hydrogens (tertiary/aromatic N) is 2. The van der Waals surface area contributed by atoms with Crippen molar-refractivity contribution in [3.05, 3.63) is 35.9 Å². The number of rotatable bonds is 5. The van der Waals surface area contributed by atoms with Crippen molar-refractivity contribution in [1.29, 1.82) is 0 Å². The van der Waals surface area contributed by atoms with Crippen molar-refractivity contribution >= 4 is 12.0 Å². The molecule has 6 nitrogen and oxygen atoms in total. The Balaban J connectivity index is 2.83. The van der Waals surface area contributed by atoms with Crippen LogP contribution in [0.4, 0.5) is 4.79 Å². The Morgan fingerprint density at radius 2 is 1.89 bits per heavy atom. The molecule has 1 aromatic carbocycles. The highest BCUT2D eigenvalue weighted by Gasteiger charge is 2.28. The molecule has 0 bridgehead atoms. The van der Waals surface area contributed by atoms with E-state index in [1.54, 1.807) is 0 Å². The van der Waals surface area contributed by atoms with E-state index >= 15 is 0 Å². The molecule has 0 aliphatic heterocycles. The largest absolute Gasteiger partial charge is 0.465 e. The fraction of sp³-hybridized carbons (Fsp3) is 0.385. The smallest absolute Gasteiger partial charge is 0.408 e. The van der Waals surface area contributed by atoms with Crippen LogP contribution >= 0.6 is 0 Å². The van der Waals surface area contributed by atoms with Gasteiger partial charge in [-0.05, 0) is 12.5 Å². The summed E-state index contributed by atoms with van der Waals surface area (Å²) in [5, 5.41) is 10.2. The van der Waals surface area contributed by atoms with Gasteiger partial charge in [-0.2, -0.15) is 0 Å². The fourth-order valence-electron chi connectivity index (χ4n) is 1.64. The van der Waals surface area contributed by atoms with E-state index in [2.05, 4.69) is 0 Å². The molecular weight excluding hydrogens is 248 g/mol. The highest BCUT2D eigenvalue weighted by Crippen LogP contribution is 2.10. The van der Waals surface area contributed by atoms with Crippen LogP contribution in [-0.2, 0) is 16.2 Å². The summed E-state index contributed by atoms with van der Waals surface area (Å²) in [5.74, 6) is -0.416. The van der Waals surface area contributed by atoms with Crippen LogP contribution in [0, 0.1) is 0 Å². The quantitative estimate of drug-likeness (QED) is 0.821. The van der Waals surface area contributed by atoms with Crippen molar-refractivity contribution < 1.29 is 19.5 Å². The Hall–Kier alpha value is -2.08. The standard InChI is InChI=1S/C13H18N2O4/c1-10(12(16)14(2)19-3)15(13(17)18)9-11-7-5-4-6-8-11/h4-8,10H,9H2,1-3H3,(H,17,18)/t10-/m1/s1. The van der Waals surface area contributed by atoms with E-state index in [1.807, 2.05) is 30.3 Å². The molecule has 0 aliphatic carbocycles. The summed E-state index contributed by atoms with van der Waals surface area (Å²) < 4.78 is 0. The summed E-state index contributed by atoms with van der Waals surface area (Å²) in [6, 6.07) is 8.30. The summed E-state index contributed by atoms with van der Waals surface area (Å²) in [4.78, 5) is 29.0. The van der Waals surface area contributed by atoms with E-state index in [1.165, 1.54) is 21.1 Å². The average Bonchev–Trinajstić information content (AvgIpc) is 2.43. The minimum absolute atomic E-state index is 0.153. The molecular formula is C13H18N2O4. The fourth-order valence-corrected chi connectivity index (χ4v) is 1.64. The van der Waals surface area contributed by atoms with Crippen LogP contribution in [0.3, 0.4) is 0 Å². The summed E-state index contributed by atoms with van der Waals surface area (Å²) in [6.45, 7) is 1.69. The zero-order chi connectivity index (χ0) is 14.4. The van der Waals surface area contributed by atoms with E-state index in [0.717, 1.165) is 15.5 Å². The molecule has 0 saturated heterocycles. The monoisotopic (exact) mass is 266 g/mol. The number of benzene rings is 1. The Morgan fingerprint density at radius 3 is 2.37 bits per heavy atom. The molecule has 1 aromatic rings. The molecule has 0 saturated carbocycles. The second kappa shape index (κ2) is 6.75. The number of hydroxylamine groups is 2. The number of hydrogen-bond donors (Lipinski definition) is 1. The zero-order valence-electron chi connectivity index (χ0n) is 11.2. The predicted octanol–water partition coefficient (Wildman–Crippen LogP) is 1.57. The van der Waals surface area contributed by atoms with E-state index in [0.29, 0.717) is 0 Å². The topological polar surface area (TPSA) is 70.1 Å². The van der Waals surface area contributed by atoms with Crippen LogP contribution in [0.1, 0.15) is 12.5 Å². The number of carboxylic acid groups (broad SMARTS) is 1. The van der Waals surface area contributed by atoms with Gasteiger partial charge < -0.3 is 5.11 Å². The van der Waals surface area contributed by atoms with Crippen molar-refractivity contribution in [3.63, 3.8) is 0 Å². The van der Waals surface area contributed by atoms with Crippen molar-refractivity contribution in [2.24, 2.45) is 0 Å². The Labute approximate surface area is 112 Å². The third kappa shape index (κ3) is 3.96. The van der Waals surface area contributed by atoms with Crippen LogP contribution in [0.2, 0.25) is 0 Å². The summed E-state index contributed by atoms with van der Waals surface area (Å²) in [5.41, 5.74) is 0.824. The Bertz CT molecular complexity index is 436. The molecule has 1 N–H and O–H groups in total. The van der Waals surface area contributed by atoms with E-state index in [4.69, 9.17) is 4.84 Å². The van der Waals surface area contributed by atoms with Crippen molar-refractivity contribution in [3.8, 4) is 0 Å². The highest BCUT2D eigenvalue weighted by molar-refractivity contribution is 5.84. The molecule has 104 valence electrons. The van der Waals surface area contributed by atoms with Gasteiger partial charge in [0.25, 0.3) is 5.91 Å². The first-order chi connectivity index (χ1) is 8.97. The minimum Gasteiger partial charge on any atom is -0.465 e. The second-order valence-electron chi connectivity index (χ2n) is 4.09. The maximum Gasteiger partial charge on any atom is 0.408 e. The van der Waals surface area contributed by atoms with Gasteiger partial charge in [-0.1, -0.05) is 30.3 Å². The number of likely N-dealkylation sites (N-methyl/N-ethyl adjacent to an activating group) is 1. The van der Waals surface area contributed by atoms with E-state index in [9.17, 15) is 14.7 Å². The molecule has 2 amide bonds. The second-order valence-corrected chi connectivity index (χ2v) is 4.09. The predicted molar refractivity (Wildman–Crippen MR) is 69.3 cm³/mol. The molecule has 0 radical (unpaired) electrons. The summed E-state index contributed by atoms with van der Waals surface area (Å²) >= 11 is 0. The lowest BCUT2D eigenvalue weighted by Gasteiger charge is -2.28. The van der Waals surface area contributed by atoms with Crippen LogP contribution in [0.25, 0.3) is 0 Å². The summed E-state index contributed by atoms with van der Waals surface area (Å²) in [7, 11) is 2.80. The van der Waals surface area contributed by atoms with Gasteiger partial charge in [-0.15, -0.1) is 0 Å². The van der Waals surface area contributed by atoms with Crippen LogP contribution in [0.15, 0.2) is 30.3 Å². The van der Waals surface area contributed by atoms with Gasteiger partial charge >= 0.3 is 6.09 Å². The lowest BCUT2D eigenvalue weighted by atomic mass is 10.2. The van der Waals surface area contributed by atoms with Crippen molar-refractivity contribution in [2.75, 3.05) is 14.2 Å². The molecule has 0 fully saturated rings. The molecule has 0 unspecified atom stereocenters. The highest BCUT2D eigenvalue weighted by atomic mass is 16.7. The summed E-state index contributed by atoms with van der Waals surface area (Å²) in [6.07, 6.45) is -1.14. The van der Waals surface area contributed by atoms with Crippen LogP contribution in [0.5, 0.6) is 0 Å². The lowest BCUT2D eigenvalue weighted by molar-refractivity contribution is -0.173. The normalized spacial score (nSPS) is 11.7. The van der Waals surface area contributed by atoms with Gasteiger partial charge in [0.1, 0.15) is 6.04 Å². The molecule has 0 aromatic heterocycles. The molecule has 0 spiro atoms. The molecule has 6 heteroatoms. The van der Waals surface area contributed by atoms with Crippen molar-refractivity contribution in [2.45, 2.75) is 19.5 Å². The lowest BCUT2D eigenvalue weighted by Crippen LogP contribution is -2.47. The van der Waals surface area contributed by atoms with Crippen molar-refractivity contribution in [1.82, 2.24) is 9.96 Å². The number of hydrogen-bond acceptors (Lipinski definition) is 3. The molecule has 1 rings (SSSR count). The van der Waals surface area contributed by atoms with Gasteiger partial charge in [0.2, 0.25) is 0 Å². The van der Waals surface area contributed by atoms with Crippen LogP contribution < -0.4 is 0 Å². The molecule has 0 heterocycles. The first-order valence-electron chi connectivity index (χ1n) is 5.82. The first kappa shape index (κ1) is 15.0. The number of carbonyl (C=O) groups excluding carboxylic acids is 1. The van der Waals surface area contributed by atoms with Gasteiger partial charge in [-0.25, -0.2) is 9.86 Å². The van der Waals surface area contributed by atoms with Gasteiger partial charge in [0.15, 0.2) is 0 Å². The Kier molecular flexibility index (Phi) is 5.32. The molecule has 19 heavy (non-hydrogen) atoms. The first-order valence-corrected chi connectivity index (χ1v) is 5.82. The third-order valence-electron chi connectivity index (χ3n) is 2.85. The number of carbonyl (C=O) groups is 2. The zero-order valence-corrected chi connectivity index (χ0v) is 11.2. The average molecular weight is 266 g/mol. The van der Waals surface area contributed by atoms with Crippen LogP contribution in [-0.4, -0.2) is 47.3 Å². The van der Waals surface area contributed by atoms with Gasteiger partial charge in [0, 0.05) is 13.6 Å². The van der Waals surface area contributed by atoms with E-state index < -0.39 is 18.0 Å². The minimum atomic E-state index is -1.14. The maximum absolute atomic E-state index is 11.9. The SMILES string of the molecule is CON(C)C(=O)[C@@H](C)N(Cc1ccccc1)C(=O)O. The van der Waals surface area contributed by atoms with E-state index in [-0.39, 0.29) is 6.54 Å². The maximum atomic E-state index is 11.9.